The van der Waals surface area contributed by atoms with Crippen LogP contribution < -0.4 is 0 Å². The van der Waals surface area contributed by atoms with Crippen molar-refractivity contribution >= 4 is 0 Å². The Morgan fingerprint density at radius 2 is 1.51 bits per heavy atom. The van der Waals surface area contributed by atoms with Crippen molar-refractivity contribution in [3.8, 4) is 0 Å². The molecule has 0 aromatic carbocycles. The highest BCUT2D eigenvalue weighted by Crippen LogP contribution is 2.89. The highest BCUT2D eigenvalue weighted by molar-refractivity contribution is 5.32. The largest absolute Gasteiger partial charge is 0.393 e. The molecule has 0 aromatic heterocycles. The first-order chi connectivity index (χ1) is 16.1. The summed E-state index contributed by atoms with van der Waals surface area (Å²) in [5.41, 5.74) is 0.361. The maximum Gasteiger partial charge on any atom is 0.0880 e. The summed E-state index contributed by atoms with van der Waals surface area (Å²) >= 11 is 0. The number of hydrogen-bond donors (Lipinski definition) is 3. The lowest BCUT2D eigenvalue weighted by molar-refractivity contribution is -0.189. The Kier molecular flexibility index (Phi) is 5.08. The number of hydrogen-bond acceptors (Lipinski definition) is 4. The van der Waals surface area contributed by atoms with Crippen molar-refractivity contribution in [2.24, 2.45) is 56.2 Å². The van der Waals surface area contributed by atoms with Gasteiger partial charge in [-0.25, -0.2) is 0 Å². The molecule has 1 aliphatic heterocycles. The van der Waals surface area contributed by atoms with Crippen LogP contribution in [0.4, 0.5) is 0 Å². The maximum absolute atomic E-state index is 12.2. The Morgan fingerprint density at radius 3 is 2.17 bits per heavy atom. The molecule has 0 radical (unpaired) electrons. The molecule has 3 N–H and O–H groups in total. The van der Waals surface area contributed by atoms with E-state index in [1.165, 1.54) is 38.5 Å². The molecule has 6 aliphatic rings. The van der Waals surface area contributed by atoms with Crippen molar-refractivity contribution < 1.29 is 20.1 Å². The van der Waals surface area contributed by atoms with E-state index in [1.807, 2.05) is 0 Å². The Bertz CT molecular complexity index is 893. The van der Waals surface area contributed by atoms with E-state index in [0.717, 1.165) is 12.8 Å². The third-order valence-corrected chi connectivity index (χ3v) is 14.0. The molecule has 5 aliphatic carbocycles. The second kappa shape index (κ2) is 7.07. The molecular formula is C31H52O4. The van der Waals surface area contributed by atoms with Crippen LogP contribution in [0.1, 0.15) is 107 Å². The van der Waals surface area contributed by atoms with E-state index in [1.54, 1.807) is 0 Å². The molecule has 1 heterocycles. The van der Waals surface area contributed by atoms with Crippen LogP contribution >= 0.6 is 0 Å². The molecular weight excluding hydrogens is 436 g/mol. The standard InChI is InChI=1S/C31H52O4/c1-17-15-18(24(33)26(2,3)4)35-23-22(17)28(7)13-14-31-16-30(31)12-11-21(32)27(5,6)19(30)9-10-20(31)29(28,8)25(23)34/h17-25,32-34H,9-16H2,1-8H3/t17-,18?,19+,20+,21?,22?,23?,24?,25+,28-,29-,30-,31?/m1/s1. The second-order valence-corrected chi connectivity index (χ2v) is 16.4. The normalized spacial score (nSPS) is 59.4. The lowest BCUT2D eigenvalue weighted by Gasteiger charge is -2.63. The average Bonchev–Trinajstić information content (AvgIpc) is 3.40. The third kappa shape index (κ3) is 2.74. The van der Waals surface area contributed by atoms with Gasteiger partial charge in [0.2, 0.25) is 0 Å². The summed E-state index contributed by atoms with van der Waals surface area (Å²) in [5.74, 6) is 1.91. The number of aliphatic hydroxyl groups excluding tert-OH is 3. The van der Waals surface area contributed by atoms with E-state index >= 15 is 0 Å². The van der Waals surface area contributed by atoms with Crippen LogP contribution in [-0.2, 0) is 4.74 Å². The van der Waals surface area contributed by atoms with Crippen LogP contribution in [0.25, 0.3) is 0 Å². The maximum atomic E-state index is 12.2. The molecule has 4 nitrogen and oxygen atoms in total. The third-order valence-electron chi connectivity index (χ3n) is 14.0. The van der Waals surface area contributed by atoms with Crippen LogP contribution in [0.3, 0.4) is 0 Å². The Labute approximate surface area is 213 Å². The topological polar surface area (TPSA) is 69.9 Å². The van der Waals surface area contributed by atoms with Crippen LogP contribution in [0.5, 0.6) is 0 Å². The molecule has 35 heavy (non-hydrogen) atoms. The molecule has 0 bridgehead atoms. The fraction of sp³-hybridized carbons (Fsp3) is 1.00. The number of ether oxygens (including phenoxy) is 1. The van der Waals surface area contributed by atoms with Gasteiger partial charge in [-0.1, -0.05) is 55.4 Å². The Hall–Kier alpha value is -0.160. The first kappa shape index (κ1) is 25.1. The van der Waals surface area contributed by atoms with Gasteiger partial charge < -0.3 is 20.1 Å². The SMILES string of the molecule is C[C@@H]1CC(C(O)C(C)(C)C)OC2C1[C@@]1(C)CCC34C[C@@]35CCC(O)C(C)(C)[C@@H]5CC[C@H]4[C@]1(C)[C@H]2O. The summed E-state index contributed by atoms with van der Waals surface area (Å²) in [4.78, 5) is 0. The number of aliphatic hydroxyl groups is 3. The fourth-order valence-electron chi connectivity index (χ4n) is 12.1. The molecule has 0 aromatic rings. The Morgan fingerprint density at radius 1 is 0.886 bits per heavy atom. The molecule has 2 spiro atoms. The van der Waals surface area contributed by atoms with Gasteiger partial charge in [0, 0.05) is 5.41 Å². The van der Waals surface area contributed by atoms with Crippen molar-refractivity contribution in [3.63, 3.8) is 0 Å². The lowest BCUT2D eigenvalue weighted by atomic mass is 9.41. The zero-order valence-corrected chi connectivity index (χ0v) is 23.6. The zero-order chi connectivity index (χ0) is 25.6. The summed E-state index contributed by atoms with van der Waals surface area (Å²) < 4.78 is 6.75. The summed E-state index contributed by atoms with van der Waals surface area (Å²) in [6.45, 7) is 18.2. The van der Waals surface area contributed by atoms with Crippen LogP contribution in [-0.4, -0.2) is 45.8 Å². The minimum absolute atomic E-state index is 0.00933. The monoisotopic (exact) mass is 488 g/mol. The van der Waals surface area contributed by atoms with Crippen LogP contribution in [0, 0.1) is 56.2 Å². The van der Waals surface area contributed by atoms with Gasteiger partial charge in [-0.05, 0) is 102 Å². The second-order valence-electron chi connectivity index (χ2n) is 16.4. The molecule has 6 unspecified atom stereocenters. The van der Waals surface area contributed by atoms with E-state index in [-0.39, 0.29) is 40.0 Å². The van der Waals surface area contributed by atoms with Crippen molar-refractivity contribution in [1.29, 1.82) is 0 Å². The number of rotatable bonds is 1. The van der Waals surface area contributed by atoms with Gasteiger partial charge in [-0.15, -0.1) is 0 Å². The first-order valence-electron chi connectivity index (χ1n) is 14.8. The van der Waals surface area contributed by atoms with Gasteiger partial charge in [0.1, 0.15) is 0 Å². The van der Waals surface area contributed by atoms with Gasteiger partial charge in [0.25, 0.3) is 0 Å². The van der Waals surface area contributed by atoms with Gasteiger partial charge in [-0.2, -0.15) is 0 Å². The molecule has 6 rings (SSSR count). The van der Waals surface area contributed by atoms with Crippen molar-refractivity contribution in [2.75, 3.05) is 0 Å². The predicted octanol–water partition coefficient (Wildman–Crippen LogP) is 5.57. The molecule has 1 saturated heterocycles. The van der Waals surface area contributed by atoms with Crippen molar-refractivity contribution in [3.05, 3.63) is 0 Å². The first-order valence-corrected chi connectivity index (χ1v) is 14.8. The molecule has 4 heteroatoms. The highest BCUT2D eigenvalue weighted by atomic mass is 16.5. The fourth-order valence-corrected chi connectivity index (χ4v) is 12.1. The van der Waals surface area contributed by atoms with Gasteiger partial charge in [0.15, 0.2) is 0 Å². The molecule has 0 amide bonds. The number of fused-ring (bicyclic) bond motifs is 4. The minimum Gasteiger partial charge on any atom is -0.393 e. The minimum atomic E-state index is -0.522. The summed E-state index contributed by atoms with van der Waals surface area (Å²) in [5, 5.41) is 34.3. The zero-order valence-electron chi connectivity index (χ0n) is 23.6. The molecule has 13 atom stereocenters. The van der Waals surface area contributed by atoms with Crippen molar-refractivity contribution in [1.82, 2.24) is 0 Å². The smallest absolute Gasteiger partial charge is 0.0880 e. The van der Waals surface area contributed by atoms with Crippen LogP contribution in [0.15, 0.2) is 0 Å². The van der Waals surface area contributed by atoms with Gasteiger partial charge in [0.05, 0.1) is 30.5 Å². The van der Waals surface area contributed by atoms with Gasteiger partial charge in [-0.3, -0.25) is 0 Å². The van der Waals surface area contributed by atoms with Gasteiger partial charge >= 0.3 is 0 Å². The summed E-state index contributed by atoms with van der Waals surface area (Å²) in [6, 6.07) is 0. The molecule has 200 valence electrons. The van der Waals surface area contributed by atoms with E-state index in [2.05, 4.69) is 55.4 Å². The van der Waals surface area contributed by atoms with E-state index in [0.29, 0.717) is 34.5 Å². The van der Waals surface area contributed by atoms with E-state index < -0.39 is 12.2 Å². The predicted molar refractivity (Wildman–Crippen MR) is 138 cm³/mol. The van der Waals surface area contributed by atoms with Crippen LogP contribution in [0.2, 0.25) is 0 Å². The molecule has 6 fully saturated rings. The quantitative estimate of drug-likeness (QED) is 0.451. The van der Waals surface area contributed by atoms with E-state index in [4.69, 9.17) is 4.74 Å². The van der Waals surface area contributed by atoms with Crippen molar-refractivity contribution in [2.45, 2.75) is 137 Å². The highest BCUT2D eigenvalue weighted by Gasteiger charge is 2.84. The summed E-state index contributed by atoms with van der Waals surface area (Å²) in [6.07, 6.45) is 7.55. The average molecular weight is 489 g/mol. The molecule has 5 saturated carbocycles. The van der Waals surface area contributed by atoms with E-state index in [9.17, 15) is 15.3 Å². The lowest BCUT2D eigenvalue weighted by Crippen LogP contribution is -2.59. The Balaban J connectivity index is 1.36. The summed E-state index contributed by atoms with van der Waals surface area (Å²) in [7, 11) is 0.